The quantitative estimate of drug-likeness (QED) is 0.701. The van der Waals surface area contributed by atoms with Gasteiger partial charge in [0.2, 0.25) is 0 Å². The van der Waals surface area contributed by atoms with Gasteiger partial charge in [-0.1, -0.05) is 18.2 Å². The van der Waals surface area contributed by atoms with Crippen molar-refractivity contribution in [3.05, 3.63) is 65.1 Å². The number of aromatic nitrogens is 2. The third-order valence-corrected chi connectivity index (χ3v) is 4.10. The maximum absolute atomic E-state index is 12.3. The zero-order valence-electron chi connectivity index (χ0n) is 14.1. The predicted octanol–water partition coefficient (Wildman–Crippen LogP) is 2.63. The van der Waals surface area contributed by atoms with Crippen LogP contribution in [0.25, 0.3) is 10.9 Å². The third kappa shape index (κ3) is 3.52. The molecule has 0 unspecified atom stereocenters. The number of H-pyrrole nitrogens is 1. The second-order valence-corrected chi connectivity index (χ2v) is 5.70. The smallest absolute Gasteiger partial charge is 0.356 e. The summed E-state index contributed by atoms with van der Waals surface area (Å²) >= 11 is 0. The number of para-hydroxylation sites is 1. The molecular weight excluding hydrogens is 318 g/mol. The van der Waals surface area contributed by atoms with E-state index in [0.717, 1.165) is 17.6 Å². The molecule has 0 bridgehead atoms. The lowest BCUT2D eigenvalue weighted by Gasteiger charge is -2.07. The van der Waals surface area contributed by atoms with E-state index in [4.69, 9.17) is 0 Å². The Morgan fingerprint density at radius 2 is 2.04 bits per heavy atom. The highest BCUT2D eigenvalue weighted by atomic mass is 16.5. The van der Waals surface area contributed by atoms with Crippen LogP contribution in [-0.2, 0) is 11.2 Å². The molecule has 0 saturated heterocycles. The number of aryl methyl sites for hydroxylation is 1. The number of carbonyl (C=O) groups is 2. The van der Waals surface area contributed by atoms with Crippen molar-refractivity contribution in [3.63, 3.8) is 0 Å². The molecule has 25 heavy (non-hydrogen) atoms. The molecule has 0 saturated carbocycles. The van der Waals surface area contributed by atoms with Crippen molar-refractivity contribution in [1.29, 1.82) is 0 Å². The summed E-state index contributed by atoms with van der Waals surface area (Å²) < 4.78 is 4.62. The summed E-state index contributed by atoms with van der Waals surface area (Å²) in [7, 11) is 1.28. The molecule has 3 rings (SSSR count). The molecule has 128 valence electrons. The summed E-state index contributed by atoms with van der Waals surface area (Å²) in [4.78, 5) is 31.0. The number of hydrogen-bond acceptors (Lipinski definition) is 4. The Labute approximate surface area is 145 Å². The van der Waals surface area contributed by atoms with E-state index in [2.05, 4.69) is 26.1 Å². The molecule has 1 aromatic carbocycles. The molecule has 2 heterocycles. The van der Waals surface area contributed by atoms with E-state index in [1.807, 2.05) is 25.1 Å². The van der Waals surface area contributed by atoms with E-state index in [9.17, 15) is 9.59 Å². The second kappa shape index (κ2) is 7.17. The van der Waals surface area contributed by atoms with Crippen LogP contribution in [0, 0.1) is 6.92 Å². The molecule has 0 radical (unpaired) electrons. The van der Waals surface area contributed by atoms with Gasteiger partial charge in [0, 0.05) is 34.9 Å². The highest BCUT2D eigenvalue weighted by molar-refractivity contribution is 5.97. The summed E-state index contributed by atoms with van der Waals surface area (Å²) in [6.07, 6.45) is 2.14. The van der Waals surface area contributed by atoms with E-state index in [1.54, 1.807) is 6.07 Å². The molecule has 6 heteroatoms. The number of esters is 1. The van der Waals surface area contributed by atoms with Crippen molar-refractivity contribution < 1.29 is 14.3 Å². The van der Waals surface area contributed by atoms with Gasteiger partial charge in [0.05, 0.1) is 7.11 Å². The van der Waals surface area contributed by atoms with Crippen molar-refractivity contribution in [2.45, 2.75) is 13.3 Å². The fraction of sp³-hybridized carbons (Fsp3) is 0.211. The lowest BCUT2D eigenvalue weighted by atomic mass is 10.1. The number of benzene rings is 1. The van der Waals surface area contributed by atoms with Gasteiger partial charge in [0.1, 0.15) is 5.69 Å². The third-order valence-electron chi connectivity index (χ3n) is 4.10. The number of methoxy groups -OCH3 is 1. The van der Waals surface area contributed by atoms with Crippen molar-refractivity contribution >= 4 is 22.8 Å². The Kier molecular flexibility index (Phi) is 4.79. The lowest BCUT2D eigenvalue weighted by Crippen LogP contribution is -2.26. The van der Waals surface area contributed by atoms with Crippen LogP contribution in [0.1, 0.15) is 32.1 Å². The topological polar surface area (TPSA) is 84.1 Å². The first-order chi connectivity index (χ1) is 12.1. The number of amides is 1. The minimum absolute atomic E-state index is 0.114. The Hall–Kier alpha value is -3.15. The summed E-state index contributed by atoms with van der Waals surface area (Å²) in [6.45, 7) is 2.53. The fourth-order valence-corrected chi connectivity index (χ4v) is 2.85. The first-order valence-electron chi connectivity index (χ1n) is 7.99. The van der Waals surface area contributed by atoms with E-state index >= 15 is 0 Å². The van der Waals surface area contributed by atoms with E-state index in [0.29, 0.717) is 12.1 Å². The minimum atomic E-state index is -0.566. The maximum atomic E-state index is 12.3. The van der Waals surface area contributed by atoms with Crippen molar-refractivity contribution in [2.24, 2.45) is 0 Å². The average Bonchev–Trinajstić information content (AvgIpc) is 2.96. The first kappa shape index (κ1) is 16.7. The van der Waals surface area contributed by atoms with Crippen LogP contribution in [-0.4, -0.2) is 35.5 Å². The van der Waals surface area contributed by atoms with Crippen LogP contribution in [0.5, 0.6) is 0 Å². The molecule has 0 aliphatic carbocycles. The van der Waals surface area contributed by atoms with Crippen LogP contribution in [0.3, 0.4) is 0 Å². The molecule has 0 aliphatic heterocycles. The van der Waals surface area contributed by atoms with Crippen molar-refractivity contribution in [3.8, 4) is 0 Å². The standard InChI is InChI=1S/C19H19N3O3/c1-12-14(15-5-3-4-6-16(15)22-12)8-10-21-18(23)13-7-9-20-17(11-13)19(24)25-2/h3-7,9,11,22H,8,10H2,1-2H3,(H,21,23). The monoisotopic (exact) mass is 337 g/mol. The molecule has 0 fully saturated rings. The second-order valence-electron chi connectivity index (χ2n) is 5.70. The van der Waals surface area contributed by atoms with E-state index in [-0.39, 0.29) is 11.6 Å². The van der Waals surface area contributed by atoms with E-state index in [1.165, 1.54) is 30.3 Å². The van der Waals surface area contributed by atoms with Crippen LogP contribution in [0.4, 0.5) is 0 Å². The number of aromatic amines is 1. The molecular formula is C19H19N3O3. The number of pyridine rings is 1. The Morgan fingerprint density at radius 3 is 2.84 bits per heavy atom. The van der Waals surface area contributed by atoms with Crippen LogP contribution in [0.2, 0.25) is 0 Å². The van der Waals surface area contributed by atoms with Gasteiger partial charge in [0.25, 0.3) is 5.91 Å². The average molecular weight is 337 g/mol. The molecule has 2 aromatic heterocycles. The fourth-order valence-electron chi connectivity index (χ4n) is 2.85. The normalized spacial score (nSPS) is 10.6. The minimum Gasteiger partial charge on any atom is -0.464 e. The number of nitrogens with one attached hydrogen (secondary N) is 2. The van der Waals surface area contributed by atoms with Gasteiger partial charge in [-0.25, -0.2) is 9.78 Å². The maximum Gasteiger partial charge on any atom is 0.356 e. The van der Waals surface area contributed by atoms with Crippen molar-refractivity contribution in [2.75, 3.05) is 13.7 Å². The van der Waals surface area contributed by atoms with Crippen LogP contribution < -0.4 is 5.32 Å². The largest absolute Gasteiger partial charge is 0.464 e. The van der Waals surface area contributed by atoms with Gasteiger partial charge in [-0.05, 0) is 37.1 Å². The van der Waals surface area contributed by atoms with Gasteiger partial charge in [0.15, 0.2) is 0 Å². The predicted molar refractivity (Wildman–Crippen MR) is 94.6 cm³/mol. The molecule has 2 N–H and O–H groups in total. The number of ether oxygens (including phenoxy) is 1. The highest BCUT2D eigenvalue weighted by Crippen LogP contribution is 2.21. The highest BCUT2D eigenvalue weighted by Gasteiger charge is 2.12. The Bertz CT molecular complexity index is 931. The zero-order chi connectivity index (χ0) is 17.8. The summed E-state index contributed by atoms with van der Waals surface area (Å²) in [6, 6.07) is 11.1. The first-order valence-corrected chi connectivity index (χ1v) is 7.99. The lowest BCUT2D eigenvalue weighted by molar-refractivity contribution is 0.0594. The van der Waals surface area contributed by atoms with Gasteiger partial charge in [-0.3, -0.25) is 4.79 Å². The number of carbonyl (C=O) groups excluding carboxylic acids is 2. The zero-order valence-corrected chi connectivity index (χ0v) is 14.1. The summed E-state index contributed by atoms with van der Waals surface area (Å²) in [5, 5.41) is 4.05. The van der Waals surface area contributed by atoms with Crippen LogP contribution in [0.15, 0.2) is 42.6 Å². The Balaban J connectivity index is 1.66. The summed E-state index contributed by atoms with van der Waals surface area (Å²) in [5.74, 6) is -0.811. The molecule has 3 aromatic rings. The van der Waals surface area contributed by atoms with Gasteiger partial charge in [-0.2, -0.15) is 0 Å². The number of hydrogen-bond donors (Lipinski definition) is 2. The number of nitrogens with zero attached hydrogens (tertiary/aromatic N) is 1. The number of rotatable bonds is 5. The van der Waals surface area contributed by atoms with Gasteiger partial charge < -0.3 is 15.0 Å². The number of fused-ring (bicyclic) bond motifs is 1. The van der Waals surface area contributed by atoms with Crippen LogP contribution >= 0.6 is 0 Å². The molecule has 0 aliphatic rings. The molecule has 0 atom stereocenters. The SMILES string of the molecule is COC(=O)c1cc(C(=O)NCCc2c(C)[nH]c3ccccc23)ccn1. The molecule has 0 spiro atoms. The van der Waals surface area contributed by atoms with Crippen molar-refractivity contribution in [1.82, 2.24) is 15.3 Å². The molecule has 1 amide bonds. The van der Waals surface area contributed by atoms with Gasteiger partial charge >= 0.3 is 5.97 Å². The van der Waals surface area contributed by atoms with Gasteiger partial charge in [-0.15, -0.1) is 0 Å². The Morgan fingerprint density at radius 1 is 1.24 bits per heavy atom. The van der Waals surface area contributed by atoms with E-state index < -0.39 is 5.97 Å². The summed E-state index contributed by atoms with van der Waals surface area (Å²) in [5.41, 5.74) is 3.89. The molecule has 6 nitrogen and oxygen atoms in total.